The van der Waals surface area contributed by atoms with Crippen molar-refractivity contribution in [3.8, 4) is 11.5 Å². The van der Waals surface area contributed by atoms with E-state index < -0.39 is 0 Å². The number of aromatic nitrogens is 2. The van der Waals surface area contributed by atoms with Crippen LogP contribution in [0, 0.1) is 0 Å². The first-order chi connectivity index (χ1) is 14.2. The van der Waals surface area contributed by atoms with Gasteiger partial charge in [-0.25, -0.2) is 9.97 Å². The first kappa shape index (κ1) is 18.9. The summed E-state index contributed by atoms with van der Waals surface area (Å²) < 4.78 is 11.2. The second-order valence-electron chi connectivity index (χ2n) is 6.62. The van der Waals surface area contributed by atoms with E-state index in [1.165, 1.54) is 12.0 Å². The van der Waals surface area contributed by atoms with Crippen LogP contribution in [0.2, 0.25) is 0 Å². The van der Waals surface area contributed by atoms with Crippen LogP contribution in [-0.4, -0.2) is 36.3 Å². The van der Waals surface area contributed by atoms with E-state index in [2.05, 4.69) is 63.6 Å². The average molecular weight is 391 g/mol. The highest BCUT2D eigenvalue weighted by atomic mass is 16.6. The molecule has 29 heavy (non-hydrogen) atoms. The Labute approximate surface area is 170 Å². The van der Waals surface area contributed by atoms with E-state index in [0.717, 1.165) is 41.8 Å². The van der Waals surface area contributed by atoms with Gasteiger partial charge in [0, 0.05) is 42.3 Å². The quantitative estimate of drug-likeness (QED) is 0.611. The van der Waals surface area contributed by atoms with E-state index >= 15 is 0 Å². The second kappa shape index (κ2) is 8.68. The van der Waals surface area contributed by atoms with Crippen LogP contribution in [0.25, 0.3) is 0 Å². The van der Waals surface area contributed by atoms with Crippen LogP contribution in [0.1, 0.15) is 13.8 Å². The normalized spacial score (nSPS) is 12.3. The molecule has 0 aliphatic carbocycles. The van der Waals surface area contributed by atoms with Crippen LogP contribution in [0.5, 0.6) is 11.5 Å². The standard InChI is InChI=1S/C22H25N5O2/c1-3-27(4-2)18-8-5-16(6-9-18)25-21-14-22(24-15-23-21)26-17-7-10-19-20(13-17)29-12-11-28-19/h5-10,13-15H,3-4,11-12H2,1-2H3,(H2,23,24,25,26). The van der Waals surface area contributed by atoms with Gasteiger partial charge in [0.2, 0.25) is 0 Å². The molecule has 4 rings (SSSR count). The lowest BCUT2D eigenvalue weighted by atomic mass is 10.2. The van der Waals surface area contributed by atoms with Crippen LogP contribution in [0.4, 0.5) is 28.7 Å². The van der Waals surface area contributed by atoms with Gasteiger partial charge in [0.1, 0.15) is 31.2 Å². The largest absolute Gasteiger partial charge is 0.486 e. The van der Waals surface area contributed by atoms with Crippen molar-refractivity contribution in [1.82, 2.24) is 9.97 Å². The number of hydrogen-bond donors (Lipinski definition) is 2. The van der Waals surface area contributed by atoms with Crippen LogP contribution in [0.3, 0.4) is 0 Å². The van der Waals surface area contributed by atoms with Gasteiger partial charge in [-0.15, -0.1) is 0 Å². The molecule has 2 aromatic carbocycles. The van der Waals surface area contributed by atoms with E-state index in [1.807, 2.05) is 24.3 Å². The fourth-order valence-corrected chi connectivity index (χ4v) is 3.26. The number of benzene rings is 2. The van der Waals surface area contributed by atoms with Crippen molar-refractivity contribution in [3.05, 3.63) is 54.9 Å². The van der Waals surface area contributed by atoms with Crippen LogP contribution in [-0.2, 0) is 0 Å². The maximum atomic E-state index is 5.63. The van der Waals surface area contributed by atoms with Gasteiger partial charge in [-0.2, -0.15) is 0 Å². The van der Waals surface area contributed by atoms with Crippen LogP contribution < -0.4 is 25.0 Å². The zero-order valence-corrected chi connectivity index (χ0v) is 16.7. The molecule has 2 N–H and O–H groups in total. The Hall–Kier alpha value is -3.48. The number of nitrogens with one attached hydrogen (secondary N) is 2. The van der Waals surface area contributed by atoms with Crippen LogP contribution in [0.15, 0.2) is 54.9 Å². The fraction of sp³-hybridized carbons (Fsp3) is 0.273. The molecule has 1 aromatic heterocycles. The molecule has 2 heterocycles. The Kier molecular flexibility index (Phi) is 5.65. The lowest BCUT2D eigenvalue weighted by molar-refractivity contribution is 0.171. The predicted molar refractivity (Wildman–Crippen MR) is 116 cm³/mol. The SMILES string of the molecule is CCN(CC)c1ccc(Nc2cc(Nc3ccc4c(c3)OCCO4)ncn2)cc1. The minimum atomic E-state index is 0.561. The summed E-state index contributed by atoms with van der Waals surface area (Å²) in [5, 5.41) is 6.61. The van der Waals surface area contributed by atoms with Crippen molar-refractivity contribution in [2.45, 2.75) is 13.8 Å². The highest BCUT2D eigenvalue weighted by Gasteiger charge is 2.12. The highest BCUT2D eigenvalue weighted by Crippen LogP contribution is 2.33. The molecule has 150 valence electrons. The smallest absolute Gasteiger partial charge is 0.163 e. The first-order valence-electron chi connectivity index (χ1n) is 9.86. The third-order valence-corrected chi connectivity index (χ3v) is 4.75. The number of rotatable bonds is 7. The van der Waals surface area contributed by atoms with Crippen molar-refractivity contribution in [1.29, 1.82) is 0 Å². The topological polar surface area (TPSA) is 71.5 Å². The van der Waals surface area contributed by atoms with E-state index in [9.17, 15) is 0 Å². The molecule has 7 nitrogen and oxygen atoms in total. The van der Waals surface area contributed by atoms with Gasteiger partial charge in [-0.1, -0.05) is 0 Å². The molecule has 0 spiro atoms. The molecule has 0 radical (unpaired) electrons. The van der Waals surface area contributed by atoms with Gasteiger partial charge < -0.3 is 25.0 Å². The van der Waals surface area contributed by atoms with Crippen molar-refractivity contribution in [2.75, 3.05) is 41.8 Å². The Morgan fingerprint density at radius 3 is 2.10 bits per heavy atom. The summed E-state index contributed by atoms with van der Waals surface area (Å²) in [5.74, 6) is 2.91. The number of ether oxygens (including phenoxy) is 2. The minimum Gasteiger partial charge on any atom is -0.486 e. The molecular formula is C22H25N5O2. The van der Waals surface area contributed by atoms with Gasteiger partial charge in [0.15, 0.2) is 11.5 Å². The van der Waals surface area contributed by atoms with Gasteiger partial charge in [-0.05, 0) is 50.2 Å². The van der Waals surface area contributed by atoms with E-state index in [1.54, 1.807) is 0 Å². The van der Waals surface area contributed by atoms with Crippen molar-refractivity contribution >= 4 is 28.7 Å². The molecule has 7 heteroatoms. The number of nitrogens with zero attached hydrogens (tertiary/aromatic N) is 3. The monoisotopic (exact) mass is 391 g/mol. The lowest BCUT2D eigenvalue weighted by Crippen LogP contribution is -2.21. The molecule has 0 unspecified atom stereocenters. The van der Waals surface area contributed by atoms with E-state index in [0.29, 0.717) is 19.0 Å². The lowest BCUT2D eigenvalue weighted by Gasteiger charge is -2.21. The Bertz CT molecular complexity index is 958. The Morgan fingerprint density at radius 2 is 1.41 bits per heavy atom. The number of anilines is 5. The summed E-state index contributed by atoms with van der Waals surface area (Å²) in [6.07, 6.45) is 1.53. The Balaban J connectivity index is 1.45. The molecule has 0 amide bonds. The molecule has 0 fully saturated rings. The zero-order valence-electron chi connectivity index (χ0n) is 16.7. The fourth-order valence-electron chi connectivity index (χ4n) is 3.26. The second-order valence-corrected chi connectivity index (χ2v) is 6.62. The van der Waals surface area contributed by atoms with Gasteiger partial charge in [0.25, 0.3) is 0 Å². The summed E-state index contributed by atoms with van der Waals surface area (Å²) in [7, 11) is 0. The molecule has 3 aromatic rings. The van der Waals surface area contributed by atoms with Gasteiger partial charge in [-0.3, -0.25) is 0 Å². The summed E-state index contributed by atoms with van der Waals surface area (Å²) in [6.45, 7) is 7.44. The average Bonchev–Trinajstić information content (AvgIpc) is 2.76. The Morgan fingerprint density at radius 1 is 0.793 bits per heavy atom. The van der Waals surface area contributed by atoms with Crippen molar-refractivity contribution < 1.29 is 9.47 Å². The summed E-state index contributed by atoms with van der Waals surface area (Å²) >= 11 is 0. The third kappa shape index (κ3) is 4.51. The maximum absolute atomic E-state index is 5.63. The first-order valence-corrected chi connectivity index (χ1v) is 9.86. The summed E-state index contributed by atoms with van der Waals surface area (Å²) in [6, 6.07) is 16.0. The minimum absolute atomic E-state index is 0.561. The van der Waals surface area contributed by atoms with Gasteiger partial charge in [0.05, 0.1) is 0 Å². The predicted octanol–water partition coefficient (Wildman–Crippen LogP) is 4.58. The number of fused-ring (bicyclic) bond motifs is 1. The van der Waals surface area contributed by atoms with E-state index in [4.69, 9.17) is 9.47 Å². The number of hydrogen-bond acceptors (Lipinski definition) is 7. The third-order valence-electron chi connectivity index (χ3n) is 4.75. The molecular weight excluding hydrogens is 366 g/mol. The van der Waals surface area contributed by atoms with Crippen molar-refractivity contribution in [2.24, 2.45) is 0 Å². The van der Waals surface area contributed by atoms with Crippen LogP contribution >= 0.6 is 0 Å². The summed E-state index contributed by atoms with van der Waals surface area (Å²) in [5.41, 5.74) is 3.07. The molecule has 1 aliphatic rings. The van der Waals surface area contributed by atoms with Crippen molar-refractivity contribution in [3.63, 3.8) is 0 Å². The molecule has 0 saturated carbocycles. The molecule has 0 atom stereocenters. The molecule has 0 bridgehead atoms. The van der Waals surface area contributed by atoms with E-state index in [-0.39, 0.29) is 0 Å². The maximum Gasteiger partial charge on any atom is 0.163 e. The molecule has 1 aliphatic heterocycles. The summed E-state index contributed by atoms with van der Waals surface area (Å²) in [4.78, 5) is 10.9. The highest BCUT2D eigenvalue weighted by molar-refractivity contribution is 5.66. The molecule has 0 saturated heterocycles. The zero-order chi connectivity index (χ0) is 20.1. The van der Waals surface area contributed by atoms with Gasteiger partial charge >= 0.3 is 0 Å².